The first kappa shape index (κ1) is 16.3. The highest BCUT2D eigenvalue weighted by molar-refractivity contribution is 6.39. The third kappa shape index (κ3) is 5.04. The van der Waals surface area contributed by atoms with Crippen molar-refractivity contribution in [2.75, 3.05) is 31.6 Å². The normalized spacial score (nSPS) is 15.1. The summed E-state index contributed by atoms with van der Waals surface area (Å²) in [6.07, 6.45) is 2.06. The van der Waals surface area contributed by atoms with Crippen molar-refractivity contribution < 1.29 is 14.3 Å². The van der Waals surface area contributed by atoms with Gasteiger partial charge in [-0.05, 0) is 63.0 Å². The molecule has 0 radical (unpaired) electrons. The van der Waals surface area contributed by atoms with Crippen molar-refractivity contribution in [1.29, 1.82) is 0 Å². The predicted octanol–water partition coefficient (Wildman–Crippen LogP) is 1.14. The van der Waals surface area contributed by atoms with Crippen LogP contribution in [0, 0.1) is 5.92 Å². The van der Waals surface area contributed by atoms with Crippen LogP contribution in [0.15, 0.2) is 24.3 Å². The Kier molecular flexibility index (Phi) is 6.21. The Morgan fingerprint density at radius 2 is 1.86 bits per heavy atom. The molecule has 0 aromatic heterocycles. The third-order valence-electron chi connectivity index (χ3n) is 3.64. The molecular weight excluding hydrogens is 282 g/mol. The molecule has 6 heteroatoms. The van der Waals surface area contributed by atoms with Crippen LogP contribution in [0.3, 0.4) is 0 Å². The first-order valence-electron chi connectivity index (χ1n) is 7.71. The summed E-state index contributed by atoms with van der Waals surface area (Å²) in [5.41, 5.74) is 0.575. The second-order valence-electron chi connectivity index (χ2n) is 5.31. The average molecular weight is 305 g/mol. The number of amides is 2. The lowest BCUT2D eigenvalue weighted by Crippen LogP contribution is -2.40. The Labute approximate surface area is 130 Å². The molecular formula is C16H23N3O3. The fourth-order valence-electron chi connectivity index (χ4n) is 2.39. The minimum atomic E-state index is -0.641. The first-order chi connectivity index (χ1) is 10.7. The Balaban J connectivity index is 1.76. The maximum absolute atomic E-state index is 11.8. The zero-order valence-electron chi connectivity index (χ0n) is 12.9. The molecule has 0 spiro atoms. The third-order valence-corrected chi connectivity index (χ3v) is 3.64. The number of anilines is 1. The lowest BCUT2D eigenvalue weighted by Gasteiger charge is -2.22. The van der Waals surface area contributed by atoms with E-state index in [0.29, 0.717) is 24.8 Å². The zero-order chi connectivity index (χ0) is 15.8. The molecule has 0 unspecified atom stereocenters. The quantitative estimate of drug-likeness (QED) is 0.713. The number of nitrogens with one attached hydrogen (secondary N) is 3. The molecule has 3 N–H and O–H groups in total. The molecule has 1 aliphatic rings. The van der Waals surface area contributed by atoms with Crippen LogP contribution in [0.4, 0.5) is 5.69 Å². The van der Waals surface area contributed by atoms with Gasteiger partial charge in [0, 0.05) is 12.2 Å². The summed E-state index contributed by atoms with van der Waals surface area (Å²) in [6, 6.07) is 6.93. The molecule has 1 saturated heterocycles. The second-order valence-corrected chi connectivity index (χ2v) is 5.31. The minimum Gasteiger partial charge on any atom is -0.494 e. The van der Waals surface area contributed by atoms with Gasteiger partial charge in [-0.15, -0.1) is 0 Å². The smallest absolute Gasteiger partial charge is 0.313 e. The Morgan fingerprint density at radius 3 is 2.50 bits per heavy atom. The van der Waals surface area contributed by atoms with Crippen molar-refractivity contribution in [2.24, 2.45) is 5.92 Å². The van der Waals surface area contributed by atoms with Gasteiger partial charge >= 0.3 is 11.8 Å². The van der Waals surface area contributed by atoms with E-state index >= 15 is 0 Å². The van der Waals surface area contributed by atoms with Gasteiger partial charge in [-0.1, -0.05) is 0 Å². The number of rotatable bonds is 5. The van der Waals surface area contributed by atoms with Gasteiger partial charge in [-0.3, -0.25) is 9.59 Å². The van der Waals surface area contributed by atoms with Crippen LogP contribution in [0.5, 0.6) is 5.75 Å². The standard InChI is InChI=1S/C16H23N3O3/c1-2-22-14-5-3-13(4-6-14)19-16(21)15(20)18-11-12-7-9-17-10-8-12/h3-6,12,17H,2,7-11H2,1H3,(H,18,20)(H,19,21). The van der Waals surface area contributed by atoms with Crippen molar-refractivity contribution in [3.05, 3.63) is 24.3 Å². The summed E-state index contributed by atoms with van der Waals surface area (Å²) in [5, 5.41) is 8.55. The monoisotopic (exact) mass is 305 g/mol. The van der Waals surface area contributed by atoms with Gasteiger partial charge < -0.3 is 20.7 Å². The highest BCUT2D eigenvalue weighted by atomic mass is 16.5. The predicted molar refractivity (Wildman–Crippen MR) is 84.8 cm³/mol. The van der Waals surface area contributed by atoms with Gasteiger partial charge in [0.2, 0.25) is 0 Å². The van der Waals surface area contributed by atoms with Crippen LogP contribution >= 0.6 is 0 Å². The summed E-state index contributed by atoms with van der Waals surface area (Å²) in [7, 11) is 0. The lowest BCUT2D eigenvalue weighted by atomic mass is 9.98. The number of hydrogen-bond acceptors (Lipinski definition) is 4. The zero-order valence-corrected chi connectivity index (χ0v) is 12.9. The molecule has 2 rings (SSSR count). The highest BCUT2D eigenvalue weighted by Gasteiger charge is 2.17. The summed E-state index contributed by atoms with van der Waals surface area (Å²) >= 11 is 0. The van der Waals surface area contributed by atoms with E-state index in [1.807, 2.05) is 6.92 Å². The summed E-state index contributed by atoms with van der Waals surface area (Å²) in [5.74, 6) is -0.0511. The number of ether oxygens (including phenoxy) is 1. The van der Waals surface area contributed by atoms with Crippen LogP contribution in [-0.2, 0) is 9.59 Å². The molecule has 0 bridgehead atoms. The van der Waals surface area contributed by atoms with Crippen molar-refractivity contribution in [1.82, 2.24) is 10.6 Å². The molecule has 1 heterocycles. The van der Waals surface area contributed by atoms with E-state index in [0.717, 1.165) is 31.7 Å². The van der Waals surface area contributed by atoms with Gasteiger partial charge in [0.1, 0.15) is 5.75 Å². The van der Waals surface area contributed by atoms with Crippen LogP contribution in [-0.4, -0.2) is 38.1 Å². The maximum Gasteiger partial charge on any atom is 0.313 e. The summed E-state index contributed by atoms with van der Waals surface area (Å²) < 4.78 is 5.32. The van der Waals surface area contributed by atoms with E-state index in [1.54, 1.807) is 24.3 Å². The molecule has 0 aliphatic carbocycles. The molecule has 22 heavy (non-hydrogen) atoms. The van der Waals surface area contributed by atoms with Crippen molar-refractivity contribution in [2.45, 2.75) is 19.8 Å². The van der Waals surface area contributed by atoms with Crippen molar-refractivity contribution in [3.63, 3.8) is 0 Å². The molecule has 1 aromatic rings. The largest absolute Gasteiger partial charge is 0.494 e. The van der Waals surface area contributed by atoms with E-state index in [9.17, 15) is 9.59 Å². The van der Waals surface area contributed by atoms with E-state index in [4.69, 9.17) is 4.74 Å². The van der Waals surface area contributed by atoms with Crippen LogP contribution in [0.2, 0.25) is 0 Å². The van der Waals surface area contributed by atoms with E-state index in [2.05, 4.69) is 16.0 Å². The maximum atomic E-state index is 11.8. The molecule has 6 nitrogen and oxygen atoms in total. The van der Waals surface area contributed by atoms with Gasteiger partial charge in [-0.25, -0.2) is 0 Å². The van der Waals surface area contributed by atoms with Crippen molar-refractivity contribution >= 4 is 17.5 Å². The lowest BCUT2D eigenvalue weighted by molar-refractivity contribution is -0.136. The molecule has 2 amide bonds. The SMILES string of the molecule is CCOc1ccc(NC(=O)C(=O)NCC2CCNCC2)cc1. The Hall–Kier alpha value is -2.08. The van der Waals surface area contributed by atoms with Crippen molar-refractivity contribution in [3.8, 4) is 5.75 Å². The van der Waals surface area contributed by atoms with E-state index < -0.39 is 11.8 Å². The number of piperidine rings is 1. The molecule has 1 aromatic carbocycles. The number of carbonyl (C=O) groups excluding carboxylic acids is 2. The van der Waals surface area contributed by atoms with Gasteiger partial charge in [-0.2, -0.15) is 0 Å². The Bertz CT molecular complexity index is 496. The number of benzene rings is 1. The fourth-order valence-corrected chi connectivity index (χ4v) is 2.39. The summed E-state index contributed by atoms with van der Waals surface area (Å²) in [4.78, 5) is 23.6. The molecule has 0 saturated carbocycles. The van der Waals surface area contributed by atoms with Gasteiger partial charge in [0.05, 0.1) is 6.61 Å². The van der Waals surface area contributed by atoms with E-state index in [1.165, 1.54) is 0 Å². The van der Waals surface area contributed by atoms with Crippen LogP contribution in [0.1, 0.15) is 19.8 Å². The van der Waals surface area contributed by atoms with Crippen LogP contribution < -0.4 is 20.7 Å². The molecule has 0 atom stereocenters. The number of carbonyl (C=O) groups is 2. The molecule has 1 aliphatic heterocycles. The van der Waals surface area contributed by atoms with Crippen LogP contribution in [0.25, 0.3) is 0 Å². The number of hydrogen-bond donors (Lipinski definition) is 3. The molecule has 120 valence electrons. The minimum absolute atomic E-state index is 0.448. The Morgan fingerprint density at radius 1 is 1.18 bits per heavy atom. The van der Waals surface area contributed by atoms with Gasteiger partial charge in [0.25, 0.3) is 0 Å². The average Bonchev–Trinajstić information content (AvgIpc) is 2.55. The highest BCUT2D eigenvalue weighted by Crippen LogP contribution is 2.15. The van der Waals surface area contributed by atoms with E-state index in [-0.39, 0.29) is 0 Å². The molecule has 1 fully saturated rings. The first-order valence-corrected chi connectivity index (χ1v) is 7.71. The van der Waals surface area contributed by atoms with Gasteiger partial charge in [0.15, 0.2) is 0 Å². The summed E-state index contributed by atoms with van der Waals surface area (Å²) in [6.45, 7) is 4.99. The topological polar surface area (TPSA) is 79.5 Å². The fraction of sp³-hybridized carbons (Fsp3) is 0.500. The second kappa shape index (κ2) is 8.38.